The fourth-order valence-electron chi connectivity index (χ4n) is 3.81. The fraction of sp³-hybridized carbons (Fsp3) is 0.545. The number of rotatable bonds is 9. The van der Waals surface area contributed by atoms with Crippen molar-refractivity contribution in [3.05, 3.63) is 47.3 Å². The van der Waals surface area contributed by atoms with Crippen LogP contribution in [0.25, 0.3) is 0 Å². The Bertz CT molecular complexity index is 1230. The standard InChI is InChI=1S/C22H30F3N3O5S3/c1-4-16(2)35(30,31)26-14-19-15-27(36(32,33)20-6-5-13-34-20)11-12-28(19)18-9-7-17(8-10-18)21(3,29)22(23,24)25/h5-10,13,16,19,26,29H,4,11-12,14-15H2,1-3H3. The summed E-state index contributed by atoms with van der Waals surface area (Å²) in [5.41, 5.74) is -2.89. The largest absolute Gasteiger partial charge is 0.421 e. The smallest absolute Gasteiger partial charge is 0.376 e. The van der Waals surface area contributed by atoms with Crippen LogP contribution in [-0.2, 0) is 25.6 Å². The van der Waals surface area contributed by atoms with Crippen molar-refractivity contribution in [1.29, 1.82) is 0 Å². The van der Waals surface area contributed by atoms with Crippen LogP contribution in [0, 0.1) is 0 Å². The maximum atomic E-state index is 13.2. The molecule has 0 amide bonds. The third-order valence-electron chi connectivity index (χ3n) is 6.47. The first-order valence-electron chi connectivity index (χ1n) is 11.3. The molecule has 2 N–H and O–H groups in total. The van der Waals surface area contributed by atoms with E-state index in [4.69, 9.17) is 0 Å². The lowest BCUT2D eigenvalue weighted by Crippen LogP contribution is -2.58. The van der Waals surface area contributed by atoms with Crippen LogP contribution in [0.15, 0.2) is 46.0 Å². The van der Waals surface area contributed by atoms with E-state index in [0.717, 1.165) is 23.5 Å². The molecule has 1 aromatic carbocycles. The van der Waals surface area contributed by atoms with Crippen molar-refractivity contribution in [3.8, 4) is 0 Å². The average molecular weight is 570 g/mol. The van der Waals surface area contributed by atoms with Crippen molar-refractivity contribution in [2.24, 2.45) is 0 Å². The molecule has 2 heterocycles. The molecule has 0 aliphatic carbocycles. The molecule has 3 unspecified atom stereocenters. The van der Waals surface area contributed by atoms with Crippen LogP contribution >= 0.6 is 11.3 Å². The van der Waals surface area contributed by atoms with Crippen LogP contribution in [0.4, 0.5) is 18.9 Å². The van der Waals surface area contributed by atoms with Gasteiger partial charge in [-0.2, -0.15) is 17.5 Å². The molecule has 14 heteroatoms. The summed E-state index contributed by atoms with van der Waals surface area (Å²) in [6.45, 7) is 4.16. The van der Waals surface area contributed by atoms with Gasteiger partial charge in [-0.05, 0) is 49.4 Å². The highest BCUT2D eigenvalue weighted by molar-refractivity contribution is 7.91. The second-order valence-corrected chi connectivity index (χ2v) is 14.2. The Hall–Kier alpha value is -1.71. The van der Waals surface area contributed by atoms with E-state index in [1.54, 1.807) is 30.2 Å². The van der Waals surface area contributed by atoms with Gasteiger partial charge in [-0.15, -0.1) is 11.3 Å². The molecule has 3 atom stereocenters. The Morgan fingerprint density at radius 1 is 1.14 bits per heavy atom. The number of nitrogens with one attached hydrogen (secondary N) is 1. The minimum Gasteiger partial charge on any atom is -0.376 e. The minimum atomic E-state index is -4.87. The number of thiophene rings is 1. The maximum absolute atomic E-state index is 13.2. The van der Waals surface area contributed by atoms with Crippen molar-refractivity contribution >= 4 is 37.1 Å². The molecule has 0 saturated carbocycles. The molecule has 1 aliphatic heterocycles. The third kappa shape index (κ3) is 5.89. The summed E-state index contributed by atoms with van der Waals surface area (Å²) in [6, 6.07) is 7.66. The first kappa shape index (κ1) is 28.9. The second kappa shape index (κ2) is 10.6. The number of nitrogens with zero attached hydrogens (tertiary/aromatic N) is 2. The molecule has 36 heavy (non-hydrogen) atoms. The van der Waals surface area contributed by atoms with Crippen LogP contribution in [0.5, 0.6) is 0 Å². The molecule has 1 saturated heterocycles. The molecule has 1 fully saturated rings. The summed E-state index contributed by atoms with van der Waals surface area (Å²) < 4.78 is 95.0. The van der Waals surface area contributed by atoms with Gasteiger partial charge in [0.25, 0.3) is 10.0 Å². The average Bonchev–Trinajstić information content (AvgIpc) is 3.37. The van der Waals surface area contributed by atoms with Crippen LogP contribution < -0.4 is 9.62 Å². The quantitative estimate of drug-likeness (QED) is 0.481. The van der Waals surface area contributed by atoms with Crippen molar-refractivity contribution in [2.75, 3.05) is 31.1 Å². The highest BCUT2D eigenvalue weighted by Crippen LogP contribution is 2.39. The van der Waals surface area contributed by atoms with E-state index in [1.165, 1.54) is 22.5 Å². The van der Waals surface area contributed by atoms with Crippen molar-refractivity contribution in [3.63, 3.8) is 0 Å². The molecule has 1 aromatic heterocycles. The molecule has 0 radical (unpaired) electrons. The lowest BCUT2D eigenvalue weighted by molar-refractivity contribution is -0.258. The normalized spacial score (nSPS) is 20.8. The Balaban J connectivity index is 1.89. The van der Waals surface area contributed by atoms with Gasteiger partial charge in [0, 0.05) is 31.9 Å². The van der Waals surface area contributed by atoms with Gasteiger partial charge < -0.3 is 10.0 Å². The lowest BCUT2D eigenvalue weighted by atomic mass is 9.95. The number of alkyl halides is 3. The number of benzene rings is 1. The van der Waals surface area contributed by atoms with Gasteiger partial charge >= 0.3 is 6.18 Å². The lowest BCUT2D eigenvalue weighted by Gasteiger charge is -2.42. The minimum absolute atomic E-state index is 0.0225. The molecular formula is C22H30F3N3O5S3. The van der Waals surface area contributed by atoms with Gasteiger partial charge in [-0.25, -0.2) is 21.6 Å². The number of aliphatic hydroxyl groups is 1. The monoisotopic (exact) mass is 569 g/mol. The van der Waals surface area contributed by atoms with Gasteiger partial charge in [-0.3, -0.25) is 0 Å². The van der Waals surface area contributed by atoms with Crippen LogP contribution in [0.1, 0.15) is 32.8 Å². The van der Waals surface area contributed by atoms with Crippen molar-refractivity contribution < 1.29 is 35.1 Å². The van der Waals surface area contributed by atoms with Gasteiger partial charge in [-0.1, -0.05) is 25.1 Å². The zero-order valence-corrected chi connectivity index (χ0v) is 22.5. The van der Waals surface area contributed by atoms with E-state index in [2.05, 4.69) is 4.72 Å². The summed E-state index contributed by atoms with van der Waals surface area (Å²) in [6.07, 6.45) is -4.48. The third-order valence-corrected chi connectivity index (χ3v) is 11.7. The molecular weight excluding hydrogens is 539 g/mol. The summed E-state index contributed by atoms with van der Waals surface area (Å²) >= 11 is 1.08. The molecule has 3 rings (SSSR count). The number of piperazine rings is 1. The van der Waals surface area contributed by atoms with Gasteiger partial charge in [0.2, 0.25) is 10.0 Å². The second-order valence-electron chi connectivity index (χ2n) is 8.87. The Morgan fingerprint density at radius 3 is 2.31 bits per heavy atom. The summed E-state index contributed by atoms with van der Waals surface area (Å²) in [4.78, 5) is 1.77. The van der Waals surface area contributed by atoms with E-state index in [-0.39, 0.29) is 36.0 Å². The first-order chi connectivity index (χ1) is 16.6. The van der Waals surface area contributed by atoms with E-state index in [0.29, 0.717) is 19.0 Å². The molecule has 0 spiro atoms. The van der Waals surface area contributed by atoms with Crippen molar-refractivity contribution in [1.82, 2.24) is 9.03 Å². The highest BCUT2D eigenvalue weighted by atomic mass is 32.2. The summed E-state index contributed by atoms with van der Waals surface area (Å²) in [5.74, 6) is 0. The molecule has 8 nitrogen and oxygen atoms in total. The van der Waals surface area contributed by atoms with E-state index >= 15 is 0 Å². The summed E-state index contributed by atoms with van der Waals surface area (Å²) in [7, 11) is -7.44. The highest BCUT2D eigenvalue weighted by Gasteiger charge is 2.51. The predicted molar refractivity (Wildman–Crippen MR) is 133 cm³/mol. The zero-order chi connectivity index (χ0) is 26.9. The van der Waals surface area contributed by atoms with Crippen molar-refractivity contribution in [2.45, 2.75) is 54.5 Å². The van der Waals surface area contributed by atoms with Crippen LogP contribution in [0.3, 0.4) is 0 Å². The van der Waals surface area contributed by atoms with E-state index in [9.17, 15) is 35.1 Å². The number of sulfonamides is 2. The number of hydrogen-bond donors (Lipinski definition) is 2. The predicted octanol–water partition coefficient (Wildman–Crippen LogP) is 3.12. The fourth-order valence-corrected chi connectivity index (χ4v) is 7.57. The maximum Gasteiger partial charge on any atom is 0.421 e. The van der Waals surface area contributed by atoms with Crippen LogP contribution in [-0.4, -0.2) is 69.9 Å². The topological polar surface area (TPSA) is 107 Å². The Morgan fingerprint density at radius 2 is 1.78 bits per heavy atom. The summed E-state index contributed by atoms with van der Waals surface area (Å²) in [5, 5.41) is 11.0. The van der Waals surface area contributed by atoms with E-state index < -0.39 is 43.1 Å². The van der Waals surface area contributed by atoms with Gasteiger partial charge in [0.1, 0.15) is 4.21 Å². The molecule has 1 aliphatic rings. The Kier molecular flexibility index (Phi) is 8.48. The number of halogens is 3. The molecule has 202 valence electrons. The van der Waals surface area contributed by atoms with Crippen LogP contribution in [0.2, 0.25) is 0 Å². The number of hydrogen-bond acceptors (Lipinski definition) is 7. The van der Waals surface area contributed by atoms with E-state index in [1.807, 2.05) is 0 Å². The Labute approximate surface area is 213 Å². The SMILES string of the molecule is CCC(C)S(=O)(=O)NCC1CN(S(=O)(=O)c2cccs2)CCN1c1ccc(C(C)(O)C(F)(F)F)cc1. The number of anilines is 1. The zero-order valence-electron chi connectivity index (χ0n) is 20.1. The van der Waals surface area contributed by atoms with Gasteiger partial charge in [0.15, 0.2) is 5.60 Å². The first-order valence-corrected chi connectivity index (χ1v) is 15.2. The molecule has 0 bridgehead atoms. The molecule has 2 aromatic rings. The van der Waals surface area contributed by atoms with Gasteiger partial charge in [0.05, 0.1) is 11.3 Å².